The fraction of sp³-hybridized carbons (Fsp3) is 0.462. The summed E-state index contributed by atoms with van der Waals surface area (Å²) >= 11 is 1.68. The summed E-state index contributed by atoms with van der Waals surface area (Å²) in [6.45, 7) is 2.03. The minimum atomic E-state index is -1.07. The van der Waals surface area contributed by atoms with E-state index < -0.39 is 5.97 Å². The maximum atomic E-state index is 12.1. The van der Waals surface area contributed by atoms with Gasteiger partial charge >= 0.3 is 12.0 Å². The molecule has 6 nitrogen and oxygen atoms in total. The molecule has 1 rings (SSSR count). The van der Waals surface area contributed by atoms with E-state index in [1.165, 1.54) is 18.5 Å². The molecule has 2 N–H and O–H groups in total. The fourth-order valence-electron chi connectivity index (χ4n) is 1.70. The first-order valence-corrected chi connectivity index (χ1v) is 7.60. The molecule has 0 radical (unpaired) electrons. The number of nitrogens with zero attached hydrogens (tertiary/aromatic N) is 2. The van der Waals surface area contributed by atoms with Crippen molar-refractivity contribution in [1.29, 1.82) is 0 Å². The first-order chi connectivity index (χ1) is 9.49. The highest BCUT2D eigenvalue weighted by Gasteiger charge is 2.18. The summed E-state index contributed by atoms with van der Waals surface area (Å²) in [7, 11) is 1.73. The van der Waals surface area contributed by atoms with Crippen LogP contribution in [0, 0.1) is 0 Å². The Hall–Kier alpha value is -1.76. The lowest BCUT2D eigenvalue weighted by molar-refractivity contribution is 0.0696. The third kappa shape index (κ3) is 4.41. The highest BCUT2D eigenvalue weighted by molar-refractivity contribution is 7.98. The van der Waals surface area contributed by atoms with Crippen LogP contribution in [0.2, 0.25) is 0 Å². The predicted molar refractivity (Wildman–Crippen MR) is 80.4 cm³/mol. The van der Waals surface area contributed by atoms with Gasteiger partial charge in [-0.3, -0.25) is 4.98 Å². The Balaban J connectivity index is 2.74. The van der Waals surface area contributed by atoms with Crippen LogP contribution in [0.1, 0.15) is 23.7 Å². The normalized spacial score (nSPS) is 11.8. The van der Waals surface area contributed by atoms with Crippen molar-refractivity contribution in [2.75, 3.05) is 24.4 Å². The molecule has 1 unspecified atom stereocenters. The van der Waals surface area contributed by atoms with Gasteiger partial charge in [-0.15, -0.1) is 0 Å². The van der Waals surface area contributed by atoms with Crippen molar-refractivity contribution in [2.24, 2.45) is 0 Å². The van der Waals surface area contributed by atoms with Crippen molar-refractivity contribution in [3.05, 3.63) is 24.0 Å². The van der Waals surface area contributed by atoms with Crippen molar-refractivity contribution in [2.45, 2.75) is 19.4 Å². The molecule has 0 aliphatic carbocycles. The maximum absolute atomic E-state index is 12.1. The van der Waals surface area contributed by atoms with Crippen LogP contribution in [-0.2, 0) is 0 Å². The second-order valence-corrected chi connectivity index (χ2v) is 5.24. The van der Waals surface area contributed by atoms with Gasteiger partial charge < -0.3 is 15.3 Å². The average molecular weight is 297 g/mol. The third-order valence-corrected chi connectivity index (χ3v) is 3.65. The number of hydrogen-bond acceptors (Lipinski definition) is 4. The maximum Gasteiger partial charge on any atom is 0.337 e. The number of urea groups is 1. The van der Waals surface area contributed by atoms with Crippen LogP contribution in [0.25, 0.3) is 0 Å². The highest BCUT2D eigenvalue weighted by atomic mass is 32.2. The second-order valence-electron chi connectivity index (χ2n) is 4.33. The van der Waals surface area contributed by atoms with Crippen LogP contribution in [0.4, 0.5) is 10.5 Å². The van der Waals surface area contributed by atoms with Crippen molar-refractivity contribution >= 4 is 29.4 Å². The Kier molecular flexibility index (Phi) is 6.30. The number of carboxylic acids is 1. The van der Waals surface area contributed by atoms with Gasteiger partial charge in [0.15, 0.2) is 0 Å². The van der Waals surface area contributed by atoms with E-state index in [1.807, 2.05) is 13.2 Å². The molecule has 0 aliphatic rings. The van der Waals surface area contributed by atoms with Crippen molar-refractivity contribution in [1.82, 2.24) is 9.88 Å². The van der Waals surface area contributed by atoms with Crippen molar-refractivity contribution in [3.8, 4) is 0 Å². The van der Waals surface area contributed by atoms with Crippen molar-refractivity contribution < 1.29 is 14.7 Å². The SMILES string of the molecule is CCC(CSC)N(C)C(=O)Nc1cncc(C(=O)O)c1. The van der Waals surface area contributed by atoms with Crippen LogP contribution in [0.15, 0.2) is 18.5 Å². The molecule has 0 spiro atoms. The summed E-state index contributed by atoms with van der Waals surface area (Å²) < 4.78 is 0. The lowest BCUT2D eigenvalue weighted by atomic mass is 10.2. The van der Waals surface area contributed by atoms with E-state index in [1.54, 1.807) is 23.7 Å². The van der Waals surface area contributed by atoms with Crippen LogP contribution in [0.3, 0.4) is 0 Å². The van der Waals surface area contributed by atoms with E-state index in [0.717, 1.165) is 12.2 Å². The standard InChI is InChI=1S/C13H19N3O3S/c1-4-11(8-20-3)16(2)13(19)15-10-5-9(12(17)18)6-14-7-10/h5-7,11H,4,8H2,1-3H3,(H,15,19)(H,17,18). The minimum absolute atomic E-state index is 0.0432. The molecule has 0 bridgehead atoms. The molecular formula is C13H19N3O3S. The smallest absolute Gasteiger partial charge is 0.337 e. The van der Waals surface area contributed by atoms with E-state index in [9.17, 15) is 9.59 Å². The molecule has 1 aromatic heterocycles. The Morgan fingerprint density at radius 3 is 2.75 bits per heavy atom. The Morgan fingerprint density at radius 1 is 1.50 bits per heavy atom. The Morgan fingerprint density at radius 2 is 2.20 bits per heavy atom. The zero-order valence-electron chi connectivity index (χ0n) is 11.8. The predicted octanol–water partition coefficient (Wildman–Crippen LogP) is 2.39. The van der Waals surface area contributed by atoms with Gasteiger partial charge in [-0.1, -0.05) is 6.92 Å². The number of carboxylic acid groups (broad SMARTS) is 1. The molecule has 110 valence electrons. The van der Waals surface area contributed by atoms with E-state index in [0.29, 0.717) is 5.69 Å². The Labute approximate surface area is 122 Å². The fourth-order valence-corrected chi connectivity index (χ4v) is 2.54. The lowest BCUT2D eigenvalue weighted by Gasteiger charge is -2.26. The number of carbonyl (C=O) groups is 2. The van der Waals surface area contributed by atoms with Gasteiger partial charge in [0.25, 0.3) is 0 Å². The highest BCUT2D eigenvalue weighted by Crippen LogP contribution is 2.12. The molecule has 1 atom stereocenters. The van der Waals surface area contributed by atoms with Gasteiger partial charge in [-0.05, 0) is 18.7 Å². The van der Waals surface area contributed by atoms with Gasteiger partial charge in [0.05, 0.1) is 17.4 Å². The molecule has 0 aromatic carbocycles. The molecule has 0 fully saturated rings. The number of nitrogens with one attached hydrogen (secondary N) is 1. The number of hydrogen-bond donors (Lipinski definition) is 2. The topological polar surface area (TPSA) is 82.5 Å². The van der Waals surface area contributed by atoms with Gasteiger partial charge in [-0.2, -0.15) is 11.8 Å². The molecule has 1 aromatic rings. The first kappa shape index (κ1) is 16.3. The quantitative estimate of drug-likeness (QED) is 0.842. The summed E-state index contributed by atoms with van der Waals surface area (Å²) in [5.74, 6) is -0.218. The van der Waals surface area contributed by atoms with E-state index in [-0.39, 0.29) is 17.6 Å². The molecule has 0 saturated heterocycles. The van der Waals surface area contributed by atoms with E-state index in [4.69, 9.17) is 5.11 Å². The molecular weight excluding hydrogens is 278 g/mol. The number of anilines is 1. The number of aromatic carboxylic acids is 1. The summed E-state index contributed by atoms with van der Waals surface area (Å²) in [5, 5.41) is 11.5. The summed E-state index contributed by atoms with van der Waals surface area (Å²) in [4.78, 5) is 28.4. The monoisotopic (exact) mass is 297 g/mol. The van der Waals surface area contributed by atoms with Crippen LogP contribution in [0.5, 0.6) is 0 Å². The largest absolute Gasteiger partial charge is 0.478 e. The third-order valence-electron chi connectivity index (χ3n) is 2.93. The number of rotatable bonds is 6. The molecule has 7 heteroatoms. The van der Waals surface area contributed by atoms with Crippen LogP contribution in [-0.4, -0.2) is 52.1 Å². The molecule has 1 heterocycles. The Bertz CT molecular complexity index is 482. The second kappa shape index (κ2) is 7.74. The molecule has 20 heavy (non-hydrogen) atoms. The zero-order chi connectivity index (χ0) is 15.1. The molecule has 0 aliphatic heterocycles. The summed E-state index contributed by atoms with van der Waals surface area (Å²) in [5.41, 5.74) is 0.419. The van der Waals surface area contributed by atoms with Crippen LogP contribution < -0.4 is 5.32 Å². The molecule has 0 saturated carbocycles. The number of aromatic nitrogens is 1. The van der Waals surface area contributed by atoms with Crippen molar-refractivity contribution in [3.63, 3.8) is 0 Å². The van der Waals surface area contributed by atoms with Gasteiger partial charge in [0, 0.05) is 25.0 Å². The number of carbonyl (C=O) groups excluding carboxylic acids is 1. The number of pyridine rings is 1. The van der Waals surface area contributed by atoms with Gasteiger partial charge in [-0.25, -0.2) is 9.59 Å². The first-order valence-electron chi connectivity index (χ1n) is 6.20. The minimum Gasteiger partial charge on any atom is -0.478 e. The lowest BCUT2D eigenvalue weighted by Crippen LogP contribution is -2.41. The average Bonchev–Trinajstić information content (AvgIpc) is 2.44. The number of amides is 2. The van der Waals surface area contributed by atoms with Crippen LogP contribution >= 0.6 is 11.8 Å². The zero-order valence-corrected chi connectivity index (χ0v) is 12.6. The van der Waals surface area contributed by atoms with Gasteiger partial charge in [0.1, 0.15) is 0 Å². The van der Waals surface area contributed by atoms with Gasteiger partial charge in [0.2, 0.25) is 0 Å². The summed E-state index contributed by atoms with van der Waals surface area (Å²) in [6, 6.07) is 1.26. The van der Waals surface area contributed by atoms with E-state index in [2.05, 4.69) is 10.3 Å². The number of thioether (sulfide) groups is 1. The van der Waals surface area contributed by atoms with E-state index >= 15 is 0 Å². The molecule has 2 amide bonds. The summed E-state index contributed by atoms with van der Waals surface area (Å²) in [6.07, 6.45) is 5.52.